The predicted molar refractivity (Wildman–Crippen MR) is 132 cm³/mol. The first-order valence-corrected chi connectivity index (χ1v) is 12.3. The highest BCUT2D eigenvalue weighted by atomic mass is 19.4. The quantitative estimate of drug-likeness (QED) is 0.353. The zero-order valence-electron chi connectivity index (χ0n) is 20.8. The number of hydrogen-bond donors (Lipinski definition) is 0. The second-order valence-electron chi connectivity index (χ2n) is 9.13. The first kappa shape index (κ1) is 26.3. The monoisotopic (exact) mass is 511 g/mol. The van der Waals surface area contributed by atoms with Crippen LogP contribution >= 0.6 is 0 Å². The van der Waals surface area contributed by atoms with Crippen molar-refractivity contribution < 1.29 is 27.5 Å². The van der Waals surface area contributed by atoms with Gasteiger partial charge in [0, 0.05) is 41.7 Å². The maximum Gasteiger partial charge on any atom is 0.416 e. The zero-order valence-corrected chi connectivity index (χ0v) is 20.8. The number of likely N-dealkylation sites (N-methyl/N-ethyl adjacent to an activating group) is 1. The van der Waals surface area contributed by atoms with E-state index in [9.17, 15) is 28.0 Å². The lowest BCUT2D eigenvalue weighted by Crippen LogP contribution is -2.33. The Hall–Kier alpha value is -3.80. The summed E-state index contributed by atoms with van der Waals surface area (Å²) in [6.07, 6.45) is -0.875. The number of nitriles is 1. The number of fused-ring (bicyclic) bond motifs is 1. The molecular weight excluding hydrogens is 483 g/mol. The van der Waals surface area contributed by atoms with Crippen molar-refractivity contribution in [2.45, 2.75) is 45.8 Å². The number of esters is 1. The van der Waals surface area contributed by atoms with Crippen LogP contribution in [0.3, 0.4) is 0 Å². The van der Waals surface area contributed by atoms with Gasteiger partial charge in [0.15, 0.2) is 0 Å². The highest BCUT2D eigenvalue weighted by Crippen LogP contribution is 2.38. The van der Waals surface area contributed by atoms with Crippen LogP contribution in [0.4, 0.5) is 13.2 Å². The molecule has 1 aliphatic rings. The lowest BCUT2D eigenvalue weighted by molar-refractivity contribution is -0.143. The molecule has 0 aliphatic heterocycles. The third kappa shape index (κ3) is 5.79. The largest absolute Gasteiger partial charge is 0.465 e. The van der Waals surface area contributed by atoms with E-state index in [4.69, 9.17) is 4.74 Å². The molecule has 0 bridgehead atoms. The Bertz CT molecular complexity index is 1370. The number of carbonyl (C=O) groups is 2. The Morgan fingerprint density at radius 2 is 1.89 bits per heavy atom. The van der Waals surface area contributed by atoms with Gasteiger partial charge in [-0.25, -0.2) is 0 Å². The normalized spacial score (nSPS) is 13.4. The minimum Gasteiger partial charge on any atom is -0.465 e. The maximum absolute atomic E-state index is 13.6. The van der Waals surface area contributed by atoms with E-state index in [2.05, 4.69) is 6.07 Å². The number of carbonyl (C=O) groups excluding carboxylic acids is 2. The molecule has 6 nitrogen and oxygen atoms in total. The number of amides is 1. The molecular formula is C28H28F3N3O3. The minimum absolute atomic E-state index is 0.0196. The average Bonchev–Trinajstić information content (AvgIpc) is 3.66. The molecule has 1 fully saturated rings. The molecule has 0 unspecified atom stereocenters. The zero-order chi connectivity index (χ0) is 26.7. The van der Waals surface area contributed by atoms with Gasteiger partial charge in [0.25, 0.3) is 0 Å². The van der Waals surface area contributed by atoms with E-state index in [1.54, 1.807) is 40.8 Å². The first-order chi connectivity index (χ1) is 17.7. The standard InChI is InChI=1S/C28H28F3N3O3/c1-3-33(27(36)19-6-7-19)12-11-20-14-21(28(29,30)31)8-9-22(20)24-16-34(17-26(35)37-4-2)25-10-5-18(15-32)13-23(24)25/h5,8-10,13-14,16,19H,3-4,6-7,11-12,17H2,1-2H3. The first-order valence-electron chi connectivity index (χ1n) is 12.3. The highest BCUT2D eigenvalue weighted by molar-refractivity contribution is 5.98. The van der Waals surface area contributed by atoms with Gasteiger partial charge in [0.1, 0.15) is 6.54 Å². The molecule has 1 amide bonds. The van der Waals surface area contributed by atoms with Crippen molar-refractivity contribution in [2.75, 3.05) is 19.7 Å². The van der Waals surface area contributed by atoms with E-state index in [-0.39, 0.29) is 31.4 Å². The topological polar surface area (TPSA) is 75.3 Å². The van der Waals surface area contributed by atoms with E-state index in [1.807, 2.05) is 6.92 Å². The second kappa shape index (κ2) is 10.7. The third-order valence-electron chi connectivity index (χ3n) is 6.61. The van der Waals surface area contributed by atoms with Crippen LogP contribution in [-0.2, 0) is 33.5 Å². The van der Waals surface area contributed by atoms with Crippen molar-refractivity contribution in [3.8, 4) is 17.2 Å². The number of ether oxygens (including phenoxy) is 1. The van der Waals surface area contributed by atoms with Gasteiger partial charge in [-0.1, -0.05) is 6.07 Å². The molecule has 194 valence electrons. The van der Waals surface area contributed by atoms with Gasteiger partial charge >= 0.3 is 12.1 Å². The van der Waals surface area contributed by atoms with Crippen molar-refractivity contribution >= 4 is 22.8 Å². The Morgan fingerprint density at radius 3 is 2.51 bits per heavy atom. The number of rotatable bonds is 9. The fourth-order valence-corrected chi connectivity index (χ4v) is 4.57. The number of benzene rings is 2. The predicted octanol–water partition coefficient (Wildman–Crippen LogP) is 5.56. The molecule has 1 aromatic heterocycles. The van der Waals surface area contributed by atoms with Gasteiger partial charge in [-0.05, 0) is 74.6 Å². The Balaban J connectivity index is 1.80. The van der Waals surface area contributed by atoms with Crippen LogP contribution in [0.25, 0.3) is 22.0 Å². The minimum atomic E-state index is -4.52. The molecule has 1 aliphatic carbocycles. The van der Waals surface area contributed by atoms with Gasteiger partial charge in [0.05, 0.1) is 23.8 Å². The van der Waals surface area contributed by atoms with Crippen LogP contribution in [0, 0.1) is 17.2 Å². The van der Waals surface area contributed by atoms with Crippen molar-refractivity contribution in [3.05, 3.63) is 59.3 Å². The van der Waals surface area contributed by atoms with Crippen LogP contribution < -0.4 is 0 Å². The van der Waals surface area contributed by atoms with Gasteiger partial charge < -0.3 is 14.2 Å². The Kier molecular flexibility index (Phi) is 7.58. The summed E-state index contributed by atoms with van der Waals surface area (Å²) >= 11 is 0. The van der Waals surface area contributed by atoms with Crippen LogP contribution in [0.1, 0.15) is 43.4 Å². The summed E-state index contributed by atoms with van der Waals surface area (Å²) in [4.78, 5) is 26.5. The molecule has 3 aromatic rings. The average molecular weight is 512 g/mol. The molecule has 1 saturated carbocycles. The van der Waals surface area contributed by atoms with Crippen LogP contribution in [0.5, 0.6) is 0 Å². The summed E-state index contributed by atoms with van der Waals surface area (Å²) in [5.74, 6) is -0.382. The Labute approximate surface area is 213 Å². The molecule has 0 atom stereocenters. The number of alkyl halides is 3. The molecule has 37 heavy (non-hydrogen) atoms. The smallest absolute Gasteiger partial charge is 0.416 e. The molecule has 9 heteroatoms. The molecule has 0 radical (unpaired) electrons. The second-order valence-corrected chi connectivity index (χ2v) is 9.13. The van der Waals surface area contributed by atoms with Crippen LogP contribution in [-0.4, -0.2) is 41.0 Å². The lowest BCUT2D eigenvalue weighted by atomic mass is 9.94. The van der Waals surface area contributed by atoms with E-state index >= 15 is 0 Å². The third-order valence-corrected chi connectivity index (χ3v) is 6.61. The molecule has 0 N–H and O–H groups in total. The van der Waals surface area contributed by atoms with Gasteiger partial charge in [-0.15, -0.1) is 0 Å². The SMILES string of the molecule is CCOC(=O)Cn1cc(-c2ccc(C(F)(F)F)cc2CCN(CC)C(=O)C2CC2)c2cc(C#N)ccc21. The molecule has 1 heterocycles. The highest BCUT2D eigenvalue weighted by Gasteiger charge is 2.34. The van der Waals surface area contributed by atoms with Crippen molar-refractivity contribution in [2.24, 2.45) is 5.92 Å². The number of halogens is 3. The van der Waals surface area contributed by atoms with Crippen molar-refractivity contribution in [1.29, 1.82) is 5.26 Å². The summed E-state index contributed by atoms with van der Waals surface area (Å²) < 4.78 is 47.6. The molecule has 2 aromatic carbocycles. The number of nitrogens with zero attached hydrogens (tertiary/aromatic N) is 3. The summed E-state index contributed by atoms with van der Waals surface area (Å²) in [6, 6.07) is 10.7. The molecule has 0 spiro atoms. The van der Waals surface area contributed by atoms with Gasteiger partial charge in [-0.3, -0.25) is 9.59 Å². The fraction of sp³-hybridized carbons (Fsp3) is 0.393. The van der Waals surface area contributed by atoms with E-state index in [0.29, 0.717) is 46.2 Å². The molecule has 0 saturated heterocycles. The summed E-state index contributed by atoms with van der Waals surface area (Å²) in [5, 5.41) is 10.1. The Morgan fingerprint density at radius 1 is 1.14 bits per heavy atom. The number of aromatic nitrogens is 1. The summed E-state index contributed by atoms with van der Waals surface area (Å²) in [6.45, 7) is 4.49. The van der Waals surface area contributed by atoms with Crippen molar-refractivity contribution in [3.63, 3.8) is 0 Å². The van der Waals surface area contributed by atoms with Crippen LogP contribution in [0.15, 0.2) is 42.6 Å². The summed E-state index contributed by atoms with van der Waals surface area (Å²) in [5.41, 5.74) is 1.89. The lowest BCUT2D eigenvalue weighted by Gasteiger charge is -2.22. The number of hydrogen-bond acceptors (Lipinski definition) is 4. The van der Waals surface area contributed by atoms with Crippen LogP contribution in [0.2, 0.25) is 0 Å². The summed E-state index contributed by atoms with van der Waals surface area (Å²) in [7, 11) is 0. The molecule has 4 rings (SSSR count). The fourth-order valence-electron chi connectivity index (χ4n) is 4.57. The van der Waals surface area contributed by atoms with E-state index in [1.165, 1.54) is 6.07 Å². The van der Waals surface area contributed by atoms with Gasteiger partial charge in [0.2, 0.25) is 5.91 Å². The van der Waals surface area contributed by atoms with E-state index in [0.717, 1.165) is 25.0 Å². The maximum atomic E-state index is 13.6. The van der Waals surface area contributed by atoms with E-state index < -0.39 is 17.7 Å². The van der Waals surface area contributed by atoms with Crippen molar-refractivity contribution in [1.82, 2.24) is 9.47 Å². The van der Waals surface area contributed by atoms with Gasteiger partial charge in [-0.2, -0.15) is 18.4 Å².